The van der Waals surface area contributed by atoms with Crippen LogP contribution in [0.2, 0.25) is 0 Å². The van der Waals surface area contributed by atoms with Crippen LogP contribution in [0.4, 0.5) is 17.6 Å². The van der Waals surface area contributed by atoms with Gasteiger partial charge in [0.05, 0.1) is 19.2 Å². The third-order valence-corrected chi connectivity index (χ3v) is 5.49. The first-order valence-corrected chi connectivity index (χ1v) is 11.0. The number of aryl methyl sites for hydroxylation is 1. The van der Waals surface area contributed by atoms with E-state index in [4.69, 9.17) is 21.9 Å². The molecule has 1 aliphatic rings. The highest BCUT2D eigenvalue weighted by molar-refractivity contribution is 5.97. The summed E-state index contributed by atoms with van der Waals surface area (Å²) in [5, 5.41) is 3.98. The smallest absolute Gasteiger partial charge is 0.472 e. The highest BCUT2D eigenvalue weighted by Gasteiger charge is 2.34. The van der Waals surface area contributed by atoms with Gasteiger partial charge in [-0.3, -0.25) is 14.3 Å². The minimum Gasteiger partial charge on any atom is -0.472 e. The number of likely N-dealkylation sites (tertiary alicyclic amines) is 1. The zero-order valence-electron chi connectivity index (χ0n) is 19.7. The molecule has 200 valence electrons. The maximum atomic E-state index is 14.9. The van der Waals surface area contributed by atoms with Gasteiger partial charge in [0, 0.05) is 37.5 Å². The Bertz CT molecular complexity index is 1190. The Morgan fingerprint density at radius 2 is 1.86 bits per heavy atom. The monoisotopic (exact) mass is 526 g/mol. The van der Waals surface area contributed by atoms with E-state index >= 15 is 0 Å². The molecule has 0 aliphatic carbocycles. The number of nitrogens with two attached hydrogens (primary N) is 3. The van der Waals surface area contributed by atoms with Crippen LogP contribution in [-0.4, -0.2) is 58.2 Å². The van der Waals surface area contributed by atoms with Gasteiger partial charge in [-0.25, -0.2) is 4.39 Å². The number of nitrogens with zero attached hydrogens (tertiary/aromatic N) is 3. The van der Waals surface area contributed by atoms with E-state index in [1.807, 2.05) is 0 Å². The summed E-state index contributed by atoms with van der Waals surface area (Å²) in [7, 11) is 1.68. The number of primary amides is 1. The van der Waals surface area contributed by atoms with Gasteiger partial charge in [0.15, 0.2) is 12.1 Å². The molecular formula is C23H26F4N6O4. The van der Waals surface area contributed by atoms with Crippen molar-refractivity contribution in [1.82, 2.24) is 14.7 Å². The standard InChI is InChI=1S/C23H26F4N6O4/c1-32-11-14(10-31-32)18(28)9-16(21(29)35)22(30)36-19-6-7-33(12-17(19)24)20(34)8-13-2-4-15(5-3-13)37-23(25,26)27/h2-5,9-11,17,19H,6-8,12,28,30H2,1H3,(H2,29,35)/b18-9-,22-16-. The Labute approximate surface area is 209 Å². The predicted octanol–water partition coefficient (Wildman–Crippen LogP) is 1.47. The second kappa shape index (κ2) is 11.2. The van der Waals surface area contributed by atoms with Crippen LogP contribution in [0.3, 0.4) is 0 Å². The van der Waals surface area contributed by atoms with Crippen LogP contribution in [0.5, 0.6) is 5.75 Å². The summed E-state index contributed by atoms with van der Waals surface area (Å²) >= 11 is 0. The summed E-state index contributed by atoms with van der Waals surface area (Å²) in [6.07, 6.45) is -3.29. The second-order valence-electron chi connectivity index (χ2n) is 8.31. The fourth-order valence-electron chi connectivity index (χ4n) is 3.64. The van der Waals surface area contributed by atoms with Gasteiger partial charge in [0.25, 0.3) is 5.91 Å². The lowest BCUT2D eigenvalue weighted by Crippen LogP contribution is -2.49. The van der Waals surface area contributed by atoms with Crippen molar-refractivity contribution in [3.63, 3.8) is 0 Å². The normalized spacial score (nSPS) is 19.3. The maximum Gasteiger partial charge on any atom is 0.573 e. The van der Waals surface area contributed by atoms with E-state index in [1.165, 1.54) is 34.0 Å². The molecule has 2 heterocycles. The lowest BCUT2D eigenvalue weighted by Gasteiger charge is -2.35. The topological polar surface area (TPSA) is 152 Å². The predicted molar refractivity (Wildman–Crippen MR) is 124 cm³/mol. The number of hydrogen-bond donors (Lipinski definition) is 3. The van der Waals surface area contributed by atoms with Crippen molar-refractivity contribution in [3.8, 4) is 5.75 Å². The summed E-state index contributed by atoms with van der Waals surface area (Å²) in [6.45, 7) is -0.169. The van der Waals surface area contributed by atoms with Crippen molar-refractivity contribution in [2.75, 3.05) is 13.1 Å². The van der Waals surface area contributed by atoms with Crippen LogP contribution >= 0.6 is 0 Å². The van der Waals surface area contributed by atoms with Crippen molar-refractivity contribution in [2.45, 2.75) is 31.5 Å². The van der Waals surface area contributed by atoms with E-state index in [0.29, 0.717) is 11.1 Å². The average Bonchev–Trinajstić information content (AvgIpc) is 3.25. The Kier molecular flexibility index (Phi) is 8.30. The lowest BCUT2D eigenvalue weighted by molar-refractivity contribution is -0.274. The number of aromatic nitrogens is 2. The minimum absolute atomic E-state index is 0.0693. The van der Waals surface area contributed by atoms with E-state index < -0.39 is 42.1 Å². The quantitative estimate of drug-likeness (QED) is 0.204. The summed E-state index contributed by atoms with van der Waals surface area (Å²) in [5.41, 5.74) is 18.1. The fourth-order valence-corrected chi connectivity index (χ4v) is 3.64. The van der Waals surface area contributed by atoms with Gasteiger partial charge in [-0.15, -0.1) is 13.2 Å². The molecule has 2 aromatic rings. The van der Waals surface area contributed by atoms with Crippen molar-refractivity contribution in [1.29, 1.82) is 0 Å². The van der Waals surface area contributed by atoms with Gasteiger partial charge >= 0.3 is 6.36 Å². The van der Waals surface area contributed by atoms with Crippen molar-refractivity contribution < 1.29 is 36.6 Å². The number of piperidine rings is 1. The van der Waals surface area contributed by atoms with Gasteiger partial charge in [0.2, 0.25) is 5.91 Å². The molecule has 2 unspecified atom stereocenters. The van der Waals surface area contributed by atoms with Gasteiger partial charge in [-0.1, -0.05) is 12.1 Å². The molecule has 10 nitrogen and oxygen atoms in total. The van der Waals surface area contributed by atoms with Crippen molar-refractivity contribution >= 4 is 17.5 Å². The number of hydrogen-bond acceptors (Lipinski definition) is 7. The van der Waals surface area contributed by atoms with Crippen LogP contribution in [0, 0.1) is 0 Å². The second-order valence-corrected chi connectivity index (χ2v) is 8.31. The zero-order chi connectivity index (χ0) is 27.3. The van der Waals surface area contributed by atoms with E-state index in [1.54, 1.807) is 13.2 Å². The number of carbonyl (C=O) groups is 2. The largest absolute Gasteiger partial charge is 0.573 e. The van der Waals surface area contributed by atoms with Crippen molar-refractivity contribution in [2.24, 2.45) is 24.2 Å². The molecule has 0 saturated carbocycles. The first-order valence-electron chi connectivity index (χ1n) is 11.0. The molecule has 1 fully saturated rings. The average molecular weight is 526 g/mol. The molecule has 2 amide bonds. The number of ether oxygens (including phenoxy) is 2. The molecule has 37 heavy (non-hydrogen) atoms. The van der Waals surface area contributed by atoms with Crippen LogP contribution in [0.25, 0.3) is 5.70 Å². The fraction of sp³-hybridized carbons (Fsp3) is 0.348. The van der Waals surface area contributed by atoms with Gasteiger partial charge in [0.1, 0.15) is 17.4 Å². The molecule has 14 heteroatoms. The van der Waals surface area contributed by atoms with Gasteiger partial charge in [-0.2, -0.15) is 5.10 Å². The van der Waals surface area contributed by atoms with E-state index in [2.05, 4.69) is 9.84 Å². The Hall–Kier alpha value is -4.23. The number of amides is 2. The highest BCUT2D eigenvalue weighted by Crippen LogP contribution is 2.24. The number of carbonyl (C=O) groups excluding carboxylic acids is 2. The molecule has 1 aromatic heterocycles. The number of alkyl halides is 4. The summed E-state index contributed by atoms with van der Waals surface area (Å²) < 4.78 is 62.5. The Balaban J connectivity index is 1.60. The molecule has 0 radical (unpaired) electrons. The lowest BCUT2D eigenvalue weighted by atomic mass is 10.0. The summed E-state index contributed by atoms with van der Waals surface area (Å²) in [4.78, 5) is 25.8. The SMILES string of the molecule is Cn1cc(/C(N)=C/C(C(N)=O)=C(\N)OC2CCN(C(=O)Cc3ccc(OC(F)(F)F)cc3)CC2F)cn1. The first kappa shape index (κ1) is 27.4. The first-order chi connectivity index (χ1) is 17.3. The third kappa shape index (κ3) is 7.62. The van der Waals surface area contributed by atoms with E-state index in [-0.39, 0.29) is 37.2 Å². The number of halogens is 4. The Morgan fingerprint density at radius 3 is 2.41 bits per heavy atom. The number of benzene rings is 1. The molecule has 1 aromatic carbocycles. The molecule has 1 aliphatic heterocycles. The van der Waals surface area contributed by atoms with E-state index in [9.17, 15) is 27.2 Å². The molecule has 0 spiro atoms. The molecule has 6 N–H and O–H groups in total. The van der Waals surface area contributed by atoms with Crippen LogP contribution in [0.1, 0.15) is 17.5 Å². The third-order valence-electron chi connectivity index (χ3n) is 5.49. The van der Waals surface area contributed by atoms with Gasteiger partial charge < -0.3 is 31.6 Å². The van der Waals surface area contributed by atoms with Crippen molar-refractivity contribution in [3.05, 3.63) is 65.3 Å². The molecule has 2 atom stereocenters. The minimum atomic E-state index is -4.82. The van der Waals surface area contributed by atoms with Crippen LogP contribution in [0.15, 0.2) is 54.2 Å². The van der Waals surface area contributed by atoms with Crippen LogP contribution < -0.4 is 21.9 Å². The molecule has 0 bridgehead atoms. The highest BCUT2D eigenvalue weighted by atomic mass is 19.4. The summed E-state index contributed by atoms with van der Waals surface area (Å²) in [5.74, 6) is -2.17. The number of rotatable bonds is 8. The van der Waals surface area contributed by atoms with Gasteiger partial charge in [-0.05, 0) is 23.8 Å². The summed E-state index contributed by atoms with van der Waals surface area (Å²) in [6, 6.07) is 4.83. The molecule has 1 saturated heterocycles. The van der Waals surface area contributed by atoms with Crippen LogP contribution in [-0.2, 0) is 27.8 Å². The molecular weight excluding hydrogens is 500 g/mol. The molecule has 3 rings (SSSR count). The zero-order valence-corrected chi connectivity index (χ0v) is 19.7. The maximum absolute atomic E-state index is 14.9. The Morgan fingerprint density at radius 1 is 1.19 bits per heavy atom. The van der Waals surface area contributed by atoms with E-state index in [0.717, 1.165) is 12.1 Å².